The van der Waals surface area contributed by atoms with E-state index in [-0.39, 0.29) is 12.5 Å². The van der Waals surface area contributed by atoms with Crippen molar-refractivity contribution in [2.24, 2.45) is 5.92 Å². The zero-order valence-corrected chi connectivity index (χ0v) is 8.14. The molecule has 0 aromatic rings. The normalized spacial score (nSPS) is 45.6. The van der Waals surface area contributed by atoms with Crippen molar-refractivity contribution in [3.8, 4) is 6.07 Å². The van der Waals surface area contributed by atoms with E-state index >= 15 is 0 Å². The van der Waals surface area contributed by atoms with E-state index in [9.17, 15) is 5.11 Å². The maximum absolute atomic E-state index is 9.49. The van der Waals surface area contributed by atoms with E-state index in [2.05, 4.69) is 6.07 Å². The molecule has 5 nitrogen and oxygen atoms in total. The van der Waals surface area contributed by atoms with Crippen molar-refractivity contribution in [1.29, 1.82) is 5.26 Å². The van der Waals surface area contributed by atoms with Crippen LogP contribution in [-0.2, 0) is 14.2 Å². The molecular formula is C9H13NO4. The van der Waals surface area contributed by atoms with Gasteiger partial charge < -0.3 is 19.3 Å². The fourth-order valence-corrected chi connectivity index (χ4v) is 1.85. The molecule has 0 aromatic heterocycles. The second kappa shape index (κ2) is 3.17. The van der Waals surface area contributed by atoms with Crippen LogP contribution in [0.2, 0.25) is 0 Å². The number of ether oxygens (including phenoxy) is 3. The quantitative estimate of drug-likeness (QED) is 0.594. The Labute approximate surface area is 82.2 Å². The van der Waals surface area contributed by atoms with Crippen LogP contribution in [0.4, 0.5) is 0 Å². The number of nitriles is 1. The molecule has 1 unspecified atom stereocenters. The molecule has 0 amide bonds. The predicted molar refractivity (Wildman–Crippen MR) is 44.9 cm³/mol. The van der Waals surface area contributed by atoms with Gasteiger partial charge in [0.25, 0.3) is 0 Å². The summed E-state index contributed by atoms with van der Waals surface area (Å²) >= 11 is 0. The van der Waals surface area contributed by atoms with Crippen LogP contribution in [0.25, 0.3) is 0 Å². The number of hydrogen-bond donors (Lipinski definition) is 1. The molecule has 2 aliphatic heterocycles. The molecule has 2 aliphatic rings. The number of nitrogens with zero attached hydrogens (tertiary/aromatic N) is 1. The van der Waals surface area contributed by atoms with Gasteiger partial charge in [0.15, 0.2) is 12.1 Å². The summed E-state index contributed by atoms with van der Waals surface area (Å²) in [7, 11) is 0. The van der Waals surface area contributed by atoms with Gasteiger partial charge in [-0.3, -0.25) is 0 Å². The minimum atomic E-state index is -0.994. The first-order valence-corrected chi connectivity index (χ1v) is 4.58. The molecule has 0 aromatic carbocycles. The summed E-state index contributed by atoms with van der Waals surface area (Å²) in [6.07, 6.45) is -1.94. The molecule has 14 heavy (non-hydrogen) atoms. The van der Waals surface area contributed by atoms with Gasteiger partial charge >= 0.3 is 0 Å². The van der Waals surface area contributed by atoms with E-state index < -0.39 is 24.3 Å². The van der Waals surface area contributed by atoms with Crippen LogP contribution in [0.1, 0.15) is 13.8 Å². The van der Waals surface area contributed by atoms with Crippen molar-refractivity contribution in [1.82, 2.24) is 0 Å². The summed E-state index contributed by atoms with van der Waals surface area (Å²) in [4.78, 5) is 0. The molecular weight excluding hydrogens is 186 g/mol. The molecule has 2 fully saturated rings. The smallest absolute Gasteiger partial charge is 0.183 e. The zero-order chi connectivity index (χ0) is 10.3. The average Bonchev–Trinajstić information content (AvgIpc) is 2.42. The maximum Gasteiger partial charge on any atom is 0.183 e. The third-order valence-corrected chi connectivity index (χ3v) is 2.45. The van der Waals surface area contributed by atoms with Crippen LogP contribution in [0.5, 0.6) is 0 Å². The molecule has 2 heterocycles. The fourth-order valence-electron chi connectivity index (χ4n) is 1.85. The van der Waals surface area contributed by atoms with Crippen LogP contribution >= 0.6 is 0 Å². The lowest BCUT2D eigenvalue weighted by Gasteiger charge is -2.30. The minimum Gasteiger partial charge on any atom is -0.366 e. The van der Waals surface area contributed by atoms with Gasteiger partial charge in [-0.25, -0.2) is 0 Å². The van der Waals surface area contributed by atoms with Gasteiger partial charge in [0.1, 0.15) is 12.2 Å². The monoisotopic (exact) mass is 199 g/mol. The Balaban J connectivity index is 2.19. The Hall–Kier alpha value is -0.670. The van der Waals surface area contributed by atoms with E-state index in [0.29, 0.717) is 0 Å². The average molecular weight is 199 g/mol. The lowest BCUT2D eigenvalue weighted by Crippen LogP contribution is -2.47. The standard InChI is InChI=1S/C9H13NO4/c1-9(2)13-6-5(3-10)4-12-8(11)7(6)14-9/h5-8,11H,4H2,1-2H3/t5-,6+,7-,8?/m0/s1. The first kappa shape index (κ1) is 9.87. The lowest BCUT2D eigenvalue weighted by atomic mass is 9.97. The highest BCUT2D eigenvalue weighted by atomic mass is 16.8. The molecule has 2 rings (SSSR count). The molecule has 0 bridgehead atoms. The van der Waals surface area contributed by atoms with Crippen molar-refractivity contribution in [2.75, 3.05) is 6.61 Å². The highest BCUT2D eigenvalue weighted by molar-refractivity contribution is 5.00. The third-order valence-electron chi connectivity index (χ3n) is 2.45. The summed E-state index contributed by atoms with van der Waals surface area (Å²) in [5.41, 5.74) is 0. The van der Waals surface area contributed by atoms with Crippen molar-refractivity contribution in [2.45, 2.75) is 38.1 Å². The molecule has 1 N–H and O–H groups in total. The van der Waals surface area contributed by atoms with Gasteiger partial charge in [0, 0.05) is 0 Å². The number of hydrogen-bond acceptors (Lipinski definition) is 5. The first-order valence-electron chi connectivity index (χ1n) is 4.58. The van der Waals surface area contributed by atoms with Crippen LogP contribution in [0.15, 0.2) is 0 Å². The van der Waals surface area contributed by atoms with Gasteiger partial charge in [-0.05, 0) is 13.8 Å². The summed E-state index contributed by atoms with van der Waals surface area (Å²) in [6, 6.07) is 2.09. The summed E-state index contributed by atoms with van der Waals surface area (Å²) < 4.78 is 16.0. The molecule has 5 heteroatoms. The van der Waals surface area contributed by atoms with Gasteiger partial charge in [0.05, 0.1) is 18.6 Å². The zero-order valence-electron chi connectivity index (χ0n) is 8.14. The van der Waals surface area contributed by atoms with Crippen LogP contribution in [0.3, 0.4) is 0 Å². The Morgan fingerprint density at radius 1 is 1.36 bits per heavy atom. The van der Waals surface area contributed by atoms with Crippen molar-refractivity contribution < 1.29 is 19.3 Å². The molecule has 2 saturated heterocycles. The van der Waals surface area contributed by atoms with Gasteiger partial charge in [-0.1, -0.05) is 0 Å². The second-order valence-electron chi connectivity index (χ2n) is 4.02. The molecule has 0 saturated carbocycles. The number of aliphatic hydroxyl groups excluding tert-OH is 1. The van der Waals surface area contributed by atoms with Crippen LogP contribution < -0.4 is 0 Å². The Morgan fingerprint density at radius 3 is 2.64 bits per heavy atom. The summed E-state index contributed by atoms with van der Waals surface area (Å²) in [5.74, 6) is -1.12. The first-order chi connectivity index (χ1) is 6.53. The number of fused-ring (bicyclic) bond motifs is 1. The van der Waals surface area contributed by atoms with Crippen LogP contribution in [-0.4, -0.2) is 36.0 Å². The fraction of sp³-hybridized carbons (Fsp3) is 0.889. The second-order valence-corrected chi connectivity index (χ2v) is 4.02. The predicted octanol–water partition coefficient (Wildman–Crippen LogP) is -0.00512. The largest absolute Gasteiger partial charge is 0.366 e. The third kappa shape index (κ3) is 1.51. The van der Waals surface area contributed by atoms with E-state index in [1.54, 1.807) is 13.8 Å². The molecule has 4 atom stereocenters. The highest BCUT2D eigenvalue weighted by Gasteiger charge is 2.51. The van der Waals surface area contributed by atoms with Gasteiger partial charge in [-0.2, -0.15) is 5.26 Å². The number of rotatable bonds is 0. The SMILES string of the molecule is CC1(C)O[C@H]2[C@H](O1)C(O)OC[C@@H]2C#N. The Kier molecular flexibility index (Phi) is 2.24. The van der Waals surface area contributed by atoms with E-state index in [1.165, 1.54) is 0 Å². The van der Waals surface area contributed by atoms with Gasteiger partial charge in [-0.15, -0.1) is 0 Å². The van der Waals surface area contributed by atoms with Gasteiger partial charge in [0.2, 0.25) is 0 Å². The highest BCUT2D eigenvalue weighted by Crippen LogP contribution is 2.36. The molecule has 0 aliphatic carbocycles. The van der Waals surface area contributed by atoms with Crippen molar-refractivity contribution in [3.63, 3.8) is 0 Å². The number of aliphatic hydroxyl groups is 1. The summed E-state index contributed by atoms with van der Waals surface area (Å²) in [6.45, 7) is 3.71. The Morgan fingerprint density at radius 2 is 2.00 bits per heavy atom. The summed E-state index contributed by atoms with van der Waals surface area (Å²) in [5, 5.41) is 18.3. The molecule has 0 spiro atoms. The topological polar surface area (TPSA) is 71.7 Å². The minimum absolute atomic E-state index is 0.193. The molecule has 78 valence electrons. The van der Waals surface area contributed by atoms with Crippen molar-refractivity contribution >= 4 is 0 Å². The van der Waals surface area contributed by atoms with Crippen LogP contribution in [0, 0.1) is 17.2 Å². The van der Waals surface area contributed by atoms with Crippen molar-refractivity contribution in [3.05, 3.63) is 0 Å². The van der Waals surface area contributed by atoms with E-state index in [4.69, 9.17) is 19.5 Å². The Bertz CT molecular complexity index is 272. The molecule has 0 radical (unpaired) electrons. The van der Waals surface area contributed by atoms with E-state index in [1.807, 2.05) is 0 Å². The lowest BCUT2D eigenvalue weighted by molar-refractivity contribution is -0.212. The maximum atomic E-state index is 9.49. The van der Waals surface area contributed by atoms with E-state index in [0.717, 1.165) is 0 Å².